The van der Waals surface area contributed by atoms with Crippen molar-refractivity contribution in [2.75, 3.05) is 46.1 Å². The van der Waals surface area contributed by atoms with Crippen LogP contribution in [0.1, 0.15) is 12.8 Å². The van der Waals surface area contributed by atoms with Crippen molar-refractivity contribution in [2.45, 2.75) is 12.8 Å². The fourth-order valence-corrected chi connectivity index (χ4v) is 1.92. The molecule has 7 nitrogen and oxygen atoms in total. The number of nitrogens with two attached hydrogens (primary N) is 1. The van der Waals surface area contributed by atoms with Gasteiger partial charge in [0.05, 0.1) is 32.3 Å². The molecule has 1 saturated heterocycles. The van der Waals surface area contributed by atoms with Gasteiger partial charge in [0.1, 0.15) is 0 Å². The number of nitrogens with zero attached hydrogens (tertiary/aromatic N) is 1. The number of carbonyl (C=O) groups excluding carboxylic acids is 2. The van der Waals surface area contributed by atoms with Gasteiger partial charge in [0.25, 0.3) is 0 Å². The maximum absolute atomic E-state index is 11.6. The van der Waals surface area contributed by atoms with Crippen LogP contribution in [-0.2, 0) is 19.1 Å². The topological polar surface area (TPSA) is 102 Å². The van der Waals surface area contributed by atoms with Crippen molar-refractivity contribution in [1.82, 2.24) is 4.90 Å². The first-order chi connectivity index (χ1) is 9.15. The van der Waals surface area contributed by atoms with E-state index in [-0.39, 0.29) is 24.9 Å². The molecular weight excluding hydrogens is 252 g/mol. The number of primary amides is 1. The van der Waals surface area contributed by atoms with E-state index in [0.29, 0.717) is 39.5 Å². The van der Waals surface area contributed by atoms with E-state index in [2.05, 4.69) is 0 Å². The molecule has 0 radical (unpaired) electrons. The lowest BCUT2D eigenvalue weighted by molar-refractivity contribution is -0.128. The number of carbonyl (C=O) groups is 2. The van der Waals surface area contributed by atoms with Crippen LogP contribution in [0.15, 0.2) is 0 Å². The van der Waals surface area contributed by atoms with Gasteiger partial charge in [-0.1, -0.05) is 0 Å². The van der Waals surface area contributed by atoms with Gasteiger partial charge in [0.15, 0.2) is 0 Å². The monoisotopic (exact) mass is 274 g/mol. The summed E-state index contributed by atoms with van der Waals surface area (Å²) in [5.74, 6) is -0.775. The summed E-state index contributed by atoms with van der Waals surface area (Å²) in [5, 5.41) is 8.48. The first-order valence-corrected chi connectivity index (χ1v) is 6.48. The third-order valence-corrected chi connectivity index (χ3v) is 2.94. The van der Waals surface area contributed by atoms with Crippen LogP contribution in [0.5, 0.6) is 0 Å². The fourth-order valence-electron chi connectivity index (χ4n) is 1.92. The van der Waals surface area contributed by atoms with E-state index in [9.17, 15) is 9.59 Å². The molecule has 1 heterocycles. The molecule has 19 heavy (non-hydrogen) atoms. The maximum atomic E-state index is 11.6. The third kappa shape index (κ3) is 6.00. The normalized spacial score (nSPS) is 19.1. The number of hydrogen-bond donors (Lipinski definition) is 2. The fraction of sp³-hybridized carbons (Fsp3) is 0.833. The predicted octanol–water partition coefficient (Wildman–Crippen LogP) is -1.26. The Morgan fingerprint density at radius 1 is 1.32 bits per heavy atom. The molecule has 2 amide bonds. The quantitative estimate of drug-likeness (QED) is 0.484. The molecule has 110 valence electrons. The van der Waals surface area contributed by atoms with Crippen molar-refractivity contribution in [1.29, 1.82) is 0 Å². The highest BCUT2D eigenvalue weighted by atomic mass is 16.5. The lowest BCUT2D eigenvalue weighted by atomic mass is 10.1. The maximum Gasteiger partial charge on any atom is 0.223 e. The predicted molar refractivity (Wildman–Crippen MR) is 67.2 cm³/mol. The lowest BCUT2D eigenvalue weighted by Gasteiger charge is -2.15. The molecule has 0 aromatic heterocycles. The minimum Gasteiger partial charge on any atom is -0.394 e. The van der Waals surface area contributed by atoms with Crippen LogP contribution >= 0.6 is 0 Å². The van der Waals surface area contributed by atoms with Crippen LogP contribution in [0, 0.1) is 5.92 Å². The van der Waals surface area contributed by atoms with Gasteiger partial charge in [-0.2, -0.15) is 0 Å². The van der Waals surface area contributed by atoms with E-state index in [1.54, 1.807) is 4.90 Å². The minimum absolute atomic E-state index is 0.0120. The number of aliphatic hydroxyl groups is 1. The van der Waals surface area contributed by atoms with E-state index in [0.717, 1.165) is 6.42 Å². The van der Waals surface area contributed by atoms with E-state index in [1.165, 1.54) is 0 Å². The molecule has 0 aromatic rings. The van der Waals surface area contributed by atoms with Crippen LogP contribution in [0.2, 0.25) is 0 Å². The van der Waals surface area contributed by atoms with Crippen molar-refractivity contribution in [3.05, 3.63) is 0 Å². The largest absolute Gasteiger partial charge is 0.394 e. The molecule has 0 aliphatic carbocycles. The molecule has 1 rings (SSSR count). The summed E-state index contributed by atoms with van der Waals surface area (Å²) in [6.45, 7) is 2.80. The van der Waals surface area contributed by atoms with Crippen LogP contribution < -0.4 is 5.73 Å². The zero-order valence-corrected chi connectivity index (χ0v) is 11.0. The van der Waals surface area contributed by atoms with E-state index in [4.69, 9.17) is 20.3 Å². The zero-order chi connectivity index (χ0) is 14.1. The Balaban J connectivity index is 2.01. The smallest absolute Gasteiger partial charge is 0.223 e. The number of hydrogen-bond acceptors (Lipinski definition) is 5. The lowest BCUT2D eigenvalue weighted by Crippen LogP contribution is -2.29. The molecule has 1 fully saturated rings. The van der Waals surface area contributed by atoms with Crippen molar-refractivity contribution >= 4 is 11.8 Å². The van der Waals surface area contributed by atoms with Crippen LogP contribution in [-0.4, -0.2) is 67.9 Å². The van der Waals surface area contributed by atoms with Crippen LogP contribution in [0.4, 0.5) is 0 Å². The molecule has 0 bridgehead atoms. The van der Waals surface area contributed by atoms with Crippen LogP contribution in [0.25, 0.3) is 0 Å². The Morgan fingerprint density at radius 2 is 2.00 bits per heavy atom. The molecule has 7 heteroatoms. The molecule has 0 spiro atoms. The zero-order valence-electron chi connectivity index (χ0n) is 11.0. The van der Waals surface area contributed by atoms with E-state index in [1.807, 2.05) is 0 Å². The van der Waals surface area contributed by atoms with Crippen molar-refractivity contribution in [2.24, 2.45) is 11.7 Å². The van der Waals surface area contributed by atoms with Gasteiger partial charge in [-0.25, -0.2) is 0 Å². The third-order valence-electron chi connectivity index (χ3n) is 2.94. The SMILES string of the molecule is NC(=O)C1CC(=O)N(CCCOCCOCCO)C1. The average molecular weight is 274 g/mol. The summed E-state index contributed by atoms with van der Waals surface area (Å²) in [6, 6.07) is 0. The molecule has 1 aliphatic heterocycles. The number of ether oxygens (including phenoxy) is 2. The molecule has 0 aromatic carbocycles. The Labute approximate surface area is 112 Å². The molecule has 1 aliphatic rings. The second kappa shape index (κ2) is 8.84. The van der Waals surface area contributed by atoms with Gasteiger partial charge < -0.3 is 25.2 Å². The van der Waals surface area contributed by atoms with Gasteiger partial charge in [0.2, 0.25) is 11.8 Å². The summed E-state index contributed by atoms with van der Waals surface area (Å²) in [4.78, 5) is 24.2. The Hall–Kier alpha value is -1.18. The summed E-state index contributed by atoms with van der Waals surface area (Å²) < 4.78 is 10.3. The number of likely N-dealkylation sites (tertiary alicyclic amines) is 1. The highest BCUT2D eigenvalue weighted by molar-refractivity contribution is 5.88. The summed E-state index contributed by atoms with van der Waals surface area (Å²) in [5.41, 5.74) is 5.18. The number of rotatable bonds is 10. The first-order valence-electron chi connectivity index (χ1n) is 6.48. The first kappa shape index (κ1) is 15.9. The standard InChI is InChI=1S/C12H22N2O5/c13-12(17)10-8-11(16)14(9-10)2-1-4-18-6-7-19-5-3-15/h10,15H,1-9H2,(H2,13,17). The minimum atomic E-state index is -0.409. The molecule has 1 unspecified atom stereocenters. The Morgan fingerprint density at radius 3 is 2.58 bits per heavy atom. The second-order valence-corrected chi connectivity index (χ2v) is 4.45. The van der Waals surface area contributed by atoms with Crippen LogP contribution in [0.3, 0.4) is 0 Å². The molecule has 1 atom stereocenters. The van der Waals surface area contributed by atoms with Crippen molar-refractivity contribution in [3.8, 4) is 0 Å². The molecule has 3 N–H and O–H groups in total. The molecular formula is C12H22N2O5. The highest BCUT2D eigenvalue weighted by Crippen LogP contribution is 2.17. The van der Waals surface area contributed by atoms with Gasteiger partial charge in [0, 0.05) is 26.1 Å². The van der Waals surface area contributed by atoms with E-state index < -0.39 is 5.91 Å². The second-order valence-electron chi connectivity index (χ2n) is 4.45. The van der Waals surface area contributed by atoms with Crippen molar-refractivity contribution in [3.63, 3.8) is 0 Å². The highest BCUT2D eigenvalue weighted by Gasteiger charge is 2.32. The number of amides is 2. The van der Waals surface area contributed by atoms with Gasteiger partial charge in [-0.15, -0.1) is 0 Å². The number of aliphatic hydroxyl groups excluding tert-OH is 1. The summed E-state index contributed by atoms with van der Waals surface area (Å²) in [6.07, 6.45) is 0.947. The van der Waals surface area contributed by atoms with E-state index >= 15 is 0 Å². The molecule has 0 saturated carbocycles. The Bertz CT molecular complexity index is 298. The van der Waals surface area contributed by atoms with Crippen molar-refractivity contribution < 1.29 is 24.2 Å². The summed E-state index contributed by atoms with van der Waals surface area (Å²) in [7, 11) is 0. The van der Waals surface area contributed by atoms with Gasteiger partial charge in [-0.05, 0) is 6.42 Å². The average Bonchev–Trinajstić information content (AvgIpc) is 2.74. The Kier molecular flexibility index (Phi) is 7.39. The summed E-state index contributed by atoms with van der Waals surface area (Å²) >= 11 is 0. The van der Waals surface area contributed by atoms with Gasteiger partial charge in [-0.3, -0.25) is 9.59 Å². The van der Waals surface area contributed by atoms with Gasteiger partial charge >= 0.3 is 0 Å².